The fraction of sp³-hybridized carbons (Fsp3) is 0. The van der Waals surface area contributed by atoms with Gasteiger partial charge in [-0.2, -0.15) is 8.42 Å². The quantitative estimate of drug-likeness (QED) is 0.242. The number of benzene rings is 2. The summed E-state index contributed by atoms with van der Waals surface area (Å²) in [5.74, 6) is -0.989. The van der Waals surface area contributed by atoms with E-state index in [0.29, 0.717) is 10.7 Å². The number of carbonyl (C=O) groups excluding carboxylic acids is 1. The first-order chi connectivity index (χ1) is 13.2. The van der Waals surface area contributed by atoms with Crippen molar-refractivity contribution >= 4 is 62.6 Å². The average Bonchev–Trinajstić information content (AvgIpc) is 2.60. The van der Waals surface area contributed by atoms with Crippen molar-refractivity contribution in [2.24, 2.45) is 15.9 Å². The standard InChI is InChI=1S/C17H16ClN5O3S2/c18-12-4-1-11(2-5-12)3-10-15(24)22-17(27)21-13-6-8-14(9-7-13)28(25,26)23-16(19)20/h1-10H,(H4,19,20,23)(H2,21,22,24,27)/b10-3+. The second-order valence-corrected chi connectivity index (χ2v) is 7.79. The van der Waals surface area contributed by atoms with Crippen LogP contribution in [0.25, 0.3) is 6.08 Å². The van der Waals surface area contributed by atoms with Gasteiger partial charge in [0.05, 0.1) is 4.90 Å². The molecule has 146 valence electrons. The van der Waals surface area contributed by atoms with Gasteiger partial charge in [0.2, 0.25) is 11.9 Å². The zero-order chi connectivity index (χ0) is 20.7. The first-order valence-corrected chi connectivity index (χ1v) is 9.90. The number of amides is 1. The van der Waals surface area contributed by atoms with Crippen LogP contribution in [0.5, 0.6) is 0 Å². The van der Waals surface area contributed by atoms with Crippen molar-refractivity contribution in [3.05, 3.63) is 65.2 Å². The molecule has 0 bridgehead atoms. The molecule has 0 saturated heterocycles. The Morgan fingerprint density at radius 3 is 2.25 bits per heavy atom. The Kier molecular flexibility index (Phi) is 7.10. The number of guanidine groups is 1. The van der Waals surface area contributed by atoms with E-state index in [4.69, 9.17) is 35.3 Å². The Bertz CT molecular complexity index is 1030. The molecule has 0 saturated carbocycles. The van der Waals surface area contributed by atoms with Gasteiger partial charge in [-0.25, -0.2) is 0 Å². The summed E-state index contributed by atoms with van der Waals surface area (Å²) >= 11 is 10.9. The SMILES string of the molecule is NC(N)=NS(=O)(=O)c1ccc(NC(=S)NC(=O)/C=C/c2ccc(Cl)cc2)cc1. The first kappa shape index (κ1) is 21.4. The van der Waals surface area contributed by atoms with Crippen molar-refractivity contribution in [3.8, 4) is 0 Å². The second kappa shape index (κ2) is 9.31. The molecule has 0 fully saturated rings. The zero-order valence-electron chi connectivity index (χ0n) is 14.3. The van der Waals surface area contributed by atoms with Crippen LogP contribution in [-0.4, -0.2) is 25.4 Å². The van der Waals surface area contributed by atoms with E-state index >= 15 is 0 Å². The molecule has 0 aliphatic heterocycles. The van der Waals surface area contributed by atoms with Gasteiger partial charge >= 0.3 is 0 Å². The Hall–Kier alpha value is -2.95. The number of hydrogen-bond donors (Lipinski definition) is 4. The summed E-state index contributed by atoms with van der Waals surface area (Å²) < 4.78 is 26.9. The number of thiocarbonyl (C=S) groups is 1. The van der Waals surface area contributed by atoms with Crippen LogP contribution < -0.4 is 22.1 Å². The van der Waals surface area contributed by atoms with Gasteiger partial charge in [0.15, 0.2) is 5.11 Å². The zero-order valence-corrected chi connectivity index (χ0v) is 16.7. The highest BCUT2D eigenvalue weighted by molar-refractivity contribution is 7.90. The van der Waals surface area contributed by atoms with Gasteiger partial charge in [-0.05, 0) is 60.3 Å². The minimum atomic E-state index is -3.97. The van der Waals surface area contributed by atoms with Gasteiger partial charge in [-0.15, -0.1) is 4.40 Å². The van der Waals surface area contributed by atoms with E-state index < -0.39 is 21.9 Å². The van der Waals surface area contributed by atoms with Crippen LogP contribution in [0, 0.1) is 0 Å². The van der Waals surface area contributed by atoms with Gasteiger partial charge in [0, 0.05) is 16.8 Å². The van der Waals surface area contributed by atoms with Gasteiger partial charge in [0.25, 0.3) is 10.0 Å². The second-order valence-electron chi connectivity index (χ2n) is 5.34. The maximum absolute atomic E-state index is 11.9. The van der Waals surface area contributed by atoms with Gasteiger partial charge in [-0.1, -0.05) is 23.7 Å². The number of hydrogen-bond acceptors (Lipinski definition) is 4. The maximum atomic E-state index is 11.9. The molecule has 11 heteroatoms. The fourth-order valence-electron chi connectivity index (χ4n) is 1.96. The highest BCUT2D eigenvalue weighted by Crippen LogP contribution is 2.16. The normalized spacial score (nSPS) is 11.0. The Labute approximate surface area is 172 Å². The number of rotatable bonds is 5. The Balaban J connectivity index is 1.94. The van der Waals surface area contributed by atoms with Crippen LogP contribution in [0.1, 0.15) is 5.56 Å². The maximum Gasteiger partial charge on any atom is 0.285 e. The lowest BCUT2D eigenvalue weighted by molar-refractivity contribution is -0.115. The van der Waals surface area contributed by atoms with Crippen LogP contribution in [0.15, 0.2) is 63.9 Å². The van der Waals surface area contributed by atoms with Gasteiger partial charge in [0.1, 0.15) is 0 Å². The molecule has 0 aromatic heterocycles. The highest BCUT2D eigenvalue weighted by Gasteiger charge is 2.13. The molecule has 28 heavy (non-hydrogen) atoms. The van der Waals surface area contributed by atoms with Gasteiger partial charge < -0.3 is 16.8 Å². The third-order valence-corrected chi connectivity index (χ3v) is 4.94. The lowest BCUT2D eigenvalue weighted by atomic mass is 10.2. The summed E-state index contributed by atoms with van der Waals surface area (Å²) in [6, 6.07) is 12.5. The number of sulfonamides is 1. The van der Waals surface area contributed by atoms with Crippen molar-refractivity contribution in [2.45, 2.75) is 4.90 Å². The lowest BCUT2D eigenvalue weighted by Crippen LogP contribution is -2.32. The molecule has 2 aromatic carbocycles. The predicted octanol–water partition coefficient (Wildman–Crippen LogP) is 1.83. The van der Waals surface area contributed by atoms with E-state index in [-0.39, 0.29) is 10.0 Å². The number of nitrogens with two attached hydrogens (primary N) is 2. The van der Waals surface area contributed by atoms with Crippen LogP contribution in [0.4, 0.5) is 5.69 Å². The van der Waals surface area contributed by atoms with Crippen LogP contribution in [0.2, 0.25) is 5.02 Å². The van der Waals surface area contributed by atoms with Crippen molar-refractivity contribution in [2.75, 3.05) is 5.32 Å². The van der Waals surface area contributed by atoms with E-state index in [1.165, 1.54) is 30.3 Å². The number of carbonyl (C=O) groups is 1. The number of halogens is 1. The van der Waals surface area contributed by atoms with Crippen LogP contribution in [-0.2, 0) is 14.8 Å². The minimum Gasteiger partial charge on any atom is -0.369 e. The molecule has 0 aliphatic carbocycles. The Morgan fingerprint density at radius 1 is 1.07 bits per heavy atom. The summed E-state index contributed by atoms with van der Waals surface area (Å²) in [6.07, 6.45) is 2.93. The minimum absolute atomic E-state index is 0.0468. The molecular weight excluding hydrogens is 422 g/mol. The largest absolute Gasteiger partial charge is 0.369 e. The topological polar surface area (TPSA) is 140 Å². The van der Waals surface area contributed by atoms with E-state index in [1.54, 1.807) is 30.3 Å². The van der Waals surface area contributed by atoms with E-state index in [2.05, 4.69) is 15.0 Å². The molecular formula is C17H16ClN5O3S2. The molecule has 0 heterocycles. The summed E-state index contributed by atoms with van der Waals surface area (Å²) in [5.41, 5.74) is 11.5. The van der Waals surface area contributed by atoms with Crippen molar-refractivity contribution in [1.29, 1.82) is 0 Å². The van der Waals surface area contributed by atoms with E-state index in [9.17, 15) is 13.2 Å². The number of anilines is 1. The smallest absolute Gasteiger partial charge is 0.285 e. The third-order valence-electron chi connectivity index (χ3n) is 3.17. The molecule has 6 N–H and O–H groups in total. The van der Waals surface area contributed by atoms with E-state index in [1.807, 2.05) is 0 Å². The van der Waals surface area contributed by atoms with Crippen molar-refractivity contribution < 1.29 is 13.2 Å². The van der Waals surface area contributed by atoms with Crippen LogP contribution >= 0.6 is 23.8 Å². The van der Waals surface area contributed by atoms with Crippen LogP contribution in [0.3, 0.4) is 0 Å². The summed E-state index contributed by atoms with van der Waals surface area (Å²) in [5, 5.41) is 5.89. The number of nitrogens with zero attached hydrogens (tertiary/aromatic N) is 1. The number of nitrogens with one attached hydrogen (secondary N) is 2. The average molecular weight is 438 g/mol. The summed E-state index contributed by atoms with van der Waals surface area (Å²) in [4.78, 5) is 11.8. The molecule has 1 amide bonds. The molecule has 0 spiro atoms. The molecule has 0 atom stereocenters. The first-order valence-electron chi connectivity index (χ1n) is 7.67. The van der Waals surface area contributed by atoms with Gasteiger partial charge in [-0.3, -0.25) is 10.1 Å². The molecule has 0 aliphatic rings. The fourth-order valence-corrected chi connectivity index (χ4v) is 3.17. The highest BCUT2D eigenvalue weighted by atomic mass is 35.5. The van der Waals surface area contributed by atoms with Crippen molar-refractivity contribution in [1.82, 2.24) is 5.32 Å². The van der Waals surface area contributed by atoms with E-state index in [0.717, 1.165) is 5.56 Å². The van der Waals surface area contributed by atoms with Crippen molar-refractivity contribution in [3.63, 3.8) is 0 Å². The monoisotopic (exact) mass is 437 g/mol. The third kappa shape index (κ3) is 6.65. The molecule has 8 nitrogen and oxygen atoms in total. The Morgan fingerprint density at radius 2 is 1.68 bits per heavy atom. The summed E-state index contributed by atoms with van der Waals surface area (Å²) in [6.45, 7) is 0. The molecule has 0 radical (unpaired) electrons. The lowest BCUT2D eigenvalue weighted by Gasteiger charge is -2.08. The molecule has 2 rings (SSSR count). The molecule has 2 aromatic rings. The summed E-state index contributed by atoms with van der Waals surface area (Å²) in [7, 11) is -3.97. The molecule has 0 unspecified atom stereocenters. The predicted molar refractivity (Wildman–Crippen MR) is 114 cm³/mol.